The van der Waals surface area contributed by atoms with Crippen molar-refractivity contribution >= 4 is 0 Å². The first-order valence-electron chi connectivity index (χ1n) is 6.59. The summed E-state index contributed by atoms with van der Waals surface area (Å²) in [4.78, 5) is 14.7. The van der Waals surface area contributed by atoms with E-state index >= 15 is 0 Å². The molecule has 129 valence electrons. The topological polar surface area (TPSA) is 34.9 Å². The minimum Gasteiger partial charge on any atom is -0.310 e. The minimum atomic E-state index is -0.0440. The molecule has 0 fully saturated rings. The number of benzene rings is 1. The Balaban J connectivity index is -0.000000134. The minimum absolute atomic E-state index is 0. The Bertz CT molecular complexity index is 536. The molecule has 1 radical (unpaired) electrons. The van der Waals surface area contributed by atoms with E-state index in [-0.39, 0.29) is 66.6 Å². The van der Waals surface area contributed by atoms with Crippen LogP contribution in [0.2, 0.25) is 0 Å². The maximum absolute atomic E-state index is 11.0. The van der Waals surface area contributed by atoms with Crippen molar-refractivity contribution in [1.82, 2.24) is 9.55 Å². The van der Waals surface area contributed by atoms with Crippen molar-refractivity contribution in [2.45, 2.75) is 61.9 Å². The third-order valence-corrected chi connectivity index (χ3v) is 2.78. The fourth-order valence-corrected chi connectivity index (χ4v) is 1.62. The van der Waals surface area contributed by atoms with Crippen molar-refractivity contribution in [3.05, 3.63) is 64.8 Å². The predicted molar refractivity (Wildman–Crippen MR) is 99.6 cm³/mol. The van der Waals surface area contributed by atoms with E-state index in [1.165, 1.54) is 11.8 Å². The monoisotopic (exact) mass is 395 g/mol. The molecule has 0 saturated heterocycles. The summed E-state index contributed by atoms with van der Waals surface area (Å²) in [6, 6.07) is 10.7. The van der Waals surface area contributed by atoms with E-state index < -0.39 is 0 Å². The Labute approximate surface area is 168 Å². The number of hydrogen-bond acceptors (Lipinski definition) is 2. The SMILES string of the molecule is C.C.C.CC(C)c1ccccc1.CC(C)n1ccncc1=O.[Y]. The van der Waals surface area contributed by atoms with E-state index in [1.807, 2.05) is 19.9 Å². The van der Waals surface area contributed by atoms with Crippen LogP contribution in [0.3, 0.4) is 0 Å². The normalized spacial score (nSPS) is 8.43. The second-order valence-electron chi connectivity index (χ2n) is 4.98. The molecule has 0 atom stereocenters. The summed E-state index contributed by atoms with van der Waals surface area (Å²) in [7, 11) is 0. The third kappa shape index (κ3) is 11.4. The van der Waals surface area contributed by atoms with Crippen molar-refractivity contribution in [2.75, 3.05) is 0 Å². The zero-order valence-electron chi connectivity index (χ0n) is 12.7. The van der Waals surface area contributed by atoms with Gasteiger partial charge in [0.05, 0.1) is 6.20 Å². The van der Waals surface area contributed by atoms with Gasteiger partial charge in [-0.3, -0.25) is 9.78 Å². The van der Waals surface area contributed by atoms with Crippen LogP contribution in [0.5, 0.6) is 0 Å². The fraction of sp³-hybridized carbons (Fsp3) is 0.474. The van der Waals surface area contributed by atoms with E-state index in [0.29, 0.717) is 5.92 Å². The fourth-order valence-electron chi connectivity index (χ4n) is 1.62. The van der Waals surface area contributed by atoms with Crippen LogP contribution in [-0.2, 0) is 32.7 Å². The molecule has 0 aliphatic carbocycles. The number of hydrogen-bond donors (Lipinski definition) is 0. The first kappa shape index (κ1) is 30.1. The molecule has 0 unspecified atom stereocenters. The largest absolute Gasteiger partial charge is 0.310 e. The van der Waals surface area contributed by atoms with Gasteiger partial charge in [0.15, 0.2) is 0 Å². The number of aromatic nitrogens is 2. The molecular formula is C19H34N2OY. The van der Waals surface area contributed by atoms with Crippen LogP contribution in [0.15, 0.2) is 53.7 Å². The van der Waals surface area contributed by atoms with Crippen LogP contribution in [0.1, 0.15) is 67.5 Å². The summed E-state index contributed by atoms with van der Waals surface area (Å²) in [5.74, 6) is 0.659. The van der Waals surface area contributed by atoms with Gasteiger partial charge in [0.25, 0.3) is 5.56 Å². The summed E-state index contributed by atoms with van der Waals surface area (Å²) in [6.45, 7) is 8.33. The maximum Gasteiger partial charge on any atom is 0.269 e. The van der Waals surface area contributed by atoms with Crippen LogP contribution >= 0.6 is 0 Å². The molecule has 0 spiro atoms. The Hall–Kier alpha value is -0.796. The summed E-state index contributed by atoms with van der Waals surface area (Å²) >= 11 is 0. The second-order valence-corrected chi connectivity index (χ2v) is 4.98. The summed E-state index contributed by atoms with van der Waals surface area (Å²) in [5, 5.41) is 0. The van der Waals surface area contributed by atoms with Crippen molar-refractivity contribution < 1.29 is 32.7 Å². The van der Waals surface area contributed by atoms with Gasteiger partial charge in [-0.1, -0.05) is 66.5 Å². The second kappa shape index (κ2) is 16.1. The van der Waals surface area contributed by atoms with Gasteiger partial charge in [-0.05, 0) is 25.3 Å². The predicted octanol–water partition coefficient (Wildman–Crippen LogP) is 5.54. The van der Waals surface area contributed by atoms with Crippen molar-refractivity contribution in [3.8, 4) is 0 Å². The van der Waals surface area contributed by atoms with E-state index in [4.69, 9.17) is 0 Å². The van der Waals surface area contributed by atoms with Gasteiger partial charge in [-0.25, -0.2) is 0 Å². The van der Waals surface area contributed by atoms with Crippen LogP contribution in [0, 0.1) is 0 Å². The standard InChI is InChI=1S/C9H12.C7H10N2O.3CH4.Y/c1-8(2)9-6-4-3-5-7-9;1-6(2)9-4-3-8-5-7(9)10;;;;/h3-8H,1-2H3;3-6H,1-2H3;3*1H4;. The molecule has 0 aliphatic heterocycles. The van der Waals surface area contributed by atoms with Crippen LogP contribution in [0.4, 0.5) is 0 Å². The van der Waals surface area contributed by atoms with E-state index in [1.54, 1.807) is 17.0 Å². The Morgan fingerprint density at radius 2 is 1.48 bits per heavy atom. The molecule has 0 amide bonds. The van der Waals surface area contributed by atoms with Gasteiger partial charge in [0, 0.05) is 51.1 Å². The zero-order valence-corrected chi connectivity index (χ0v) is 15.5. The molecule has 4 heteroatoms. The van der Waals surface area contributed by atoms with Gasteiger partial charge in [0.1, 0.15) is 0 Å². The first-order chi connectivity index (χ1) is 9.02. The molecule has 0 bridgehead atoms. The van der Waals surface area contributed by atoms with Crippen molar-refractivity contribution in [1.29, 1.82) is 0 Å². The van der Waals surface area contributed by atoms with E-state index in [0.717, 1.165) is 0 Å². The van der Waals surface area contributed by atoms with Gasteiger partial charge in [-0.15, -0.1) is 0 Å². The van der Waals surface area contributed by atoms with Crippen LogP contribution in [0.25, 0.3) is 0 Å². The average Bonchev–Trinajstić information content (AvgIpc) is 2.40. The molecule has 2 aromatic rings. The van der Waals surface area contributed by atoms with Crippen LogP contribution in [-0.4, -0.2) is 9.55 Å². The zero-order chi connectivity index (χ0) is 14.3. The maximum atomic E-state index is 11.0. The van der Waals surface area contributed by atoms with Gasteiger partial charge in [-0.2, -0.15) is 0 Å². The smallest absolute Gasteiger partial charge is 0.269 e. The van der Waals surface area contributed by atoms with E-state index in [2.05, 4.69) is 43.1 Å². The Kier molecular flexibility index (Phi) is 21.1. The molecular weight excluding hydrogens is 361 g/mol. The summed E-state index contributed by atoms with van der Waals surface area (Å²) in [5.41, 5.74) is 1.37. The third-order valence-electron chi connectivity index (χ3n) is 2.78. The van der Waals surface area contributed by atoms with E-state index in [9.17, 15) is 4.79 Å². The molecule has 1 aromatic carbocycles. The molecule has 0 aliphatic rings. The molecule has 0 N–H and O–H groups in total. The quantitative estimate of drug-likeness (QED) is 0.669. The molecule has 23 heavy (non-hydrogen) atoms. The van der Waals surface area contributed by atoms with Gasteiger partial charge in [0.2, 0.25) is 0 Å². The summed E-state index contributed by atoms with van der Waals surface area (Å²) < 4.78 is 1.63. The molecule has 2 rings (SSSR count). The molecule has 3 nitrogen and oxygen atoms in total. The Morgan fingerprint density at radius 3 is 1.78 bits per heavy atom. The number of nitrogens with zero attached hydrogens (tertiary/aromatic N) is 2. The van der Waals surface area contributed by atoms with Crippen molar-refractivity contribution in [2.24, 2.45) is 0 Å². The number of rotatable bonds is 2. The molecule has 1 heterocycles. The van der Waals surface area contributed by atoms with Gasteiger partial charge >= 0.3 is 0 Å². The summed E-state index contributed by atoms with van der Waals surface area (Å²) in [6.07, 6.45) is 4.62. The van der Waals surface area contributed by atoms with Crippen molar-refractivity contribution in [3.63, 3.8) is 0 Å². The molecule has 0 saturated carbocycles. The van der Waals surface area contributed by atoms with Gasteiger partial charge < -0.3 is 4.57 Å². The average molecular weight is 395 g/mol. The first-order valence-corrected chi connectivity index (χ1v) is 6.59. The Morgan fingerprint density at radius 1 is 0.957 bits per heavy atom. The molecule has 1 aromatic heterocycles. The van der Waals surface area contributed by atoms with Crippen LogP contribution < -0.4 is 5.56 Å².